The zero-order valence-electron chi connectivity index (χ0n) is 12.4. The van der Waals surface area contributed by atoms with Gasteiger partial charge in [-0.1, -0.05) is 0 Å². The molecule has 0 aliphatic heterocycles. The smallest absolute Gasteiger partial charge is 0.376 e. The third kappa shape index (κ3) is 6.17. The Morgan fingerprint density at radius 1 is 1.24 bits per heavy atom. The molecule has 1 aromatic heterocycles. The Morgan fingerprint density at radius 3 is 2.67 bits per heavy atom. The fraction of sp³-hybridized carbons (Fsp3) is 0.538. The Hall–Kier alpha value is -2.22. The Kier molecular flexibility index (Phi) is 7.10. The minimum Gasteiger partial charge on any atom is -0.463 e. The molecule has 0 fully saturated rings. The maximum absolute atomic E-state index is 11.5. The summed E-state index contributed by atoms with van der Waals surface area (Å²) in [4.78, 5) is 30.9. The van der Waals surface area contributed by atoms with Crippen LogP contribution in [-0.4, -0.2) is 55.8 Å². The third-order valence-electron chi connectivity index (χ3n) is 2.51. The molecule has 1 aromatic rings. The predicted octanol–water partition coefficient (Wildman–Crippen LogP) is 0.136. The van der Waals surface area contributed by atoms with Gasteiger partial charge in [0.2, 0.25) is 11.7 Å². The van der Waals surface area contributed by atoms with E-state index in [0.29, 0.717) is 37.6 Å². The number of rotatable bonds is 8. The molecule has 0 atom stereocenters. The van der Waals surface area contributed by atoms with Gasteiger partial charge in [-0.2, -0.15) is 0 Å². The van der Waals surface area contributed by atoms with Gasteiger partial charge in [0.15, 0.2) is 0 Å². The summed E-state index contributed by atoms with van der Waals surface area (Å²) in [5.41, 5.74) is 0.637. The van der Waals surface area contributed by atoms with Gasteiger partial charge in [0.05, 0.1) is 13.7 Å². The SMILES string of the molecule is COCCNC(=O)CCNc1cc(C)nc(C(=O)OC)n1. The maximum atomic E-state index is 11.5. The van der Waals surface area contributed by atoms with E-state index in [1.54, 1.807) is 20.1 Å². The lowest BCUT2D eigenvalue weighted by Crippen LogP contribution is -2.28. The van der Waals surface area contributed by atoms with Crippen LogP contribution in [-0.2, 0) is 14.3 Å². The fourth-order valence-electron chi connectivity index (χ4n) is 1.53. The average Bonchev–Trinajstić information content (AvgIpc) is 2.46. The van der Waals surface area contributed by atoms with Crippen LogP contribution in [0.1, 0.15) is 22.7 Å². The zero-order valence-corrected chi connectivity index (χ0v) is 12.4. The van der Waals surface area contributed by atoms with Gasteiger partial charge >= 0.3 is 5.97 Å². The first-order valence-corrected chi connectivity index (χ1v) is 6.50. The second-order valence-electron chi connectivity index (χ2n) is 4.23. The van der Waals surface area contributed by atoms with Crippen LogP contribution in [0, 0.1) is 6.92 Å². The van der Waals surface area contributed by atoms with Crippen molar-refractivity contribution in [3.05, 3.63) is 17.6 Å². The second-order valence-corrected chi connectivity index (χ2v) is 4.23. The highest BCUT2D eigenvalue weighted by Crippen LogP contribution is 2.07. The van der Waals surface area contributed by atoms with Gasteiger partial charge in [-0.05, 0) is 6.92 Å². The largest absolute Gasteiger partial charge is 0.463 e. The lowest BCUT2D eigenvalue weighted by atomic mass is 10.3. The molecular formula is C13H20N4O4. The molecule has 0 spiro atoms. The van der Waals surface area contributed by atoms with Gasteiger partial charge in [0.25, 0.3) is 0 Å². The maximum Gasteiger partial charge on any atom is 0.376 e. The summed E-state index contributed by atoms with van der Waals surface area (Å²) in [5, 5.41) is 5.68. The molecule has 2 N–H and O–H groups in total. The predicted molar refractivity (Wildman–Crippen MR) is 76.1 cm³/mol. The summed E-state index contributed by atoms with van der Waals surface area (Å²) < 4.78 is 9.41. The molecule has 0 bridgehead atoms. The number of carbonyl (C=O) groups excluding carboxylic acids is 2. The molecule has 0 aliphatic carbocycles. The zero-order chi connectivity index (χ0) is 15.7. The van der Waals surface area contributed by atoms with Crippen molar-refractivity contribution in [2.75, 3.05) is 39.2 Å². The van der Waals surface area contributed by atoms with Gasteiger partial charge in [0, 0.05) is 38.4 Å². The molecular weight excluding hydrogens is 276 g/mol. The number of esters is 1. The van der Waals surface area contributed by atoms with Gasteiger partial charge in [0.1, 0.15) is 5.82 Å². The number of hydrogen-bond acceptors (Lipinski definition) is 7. The number of amides is 1. The number of anilines is 1. The van der Waals surface area contributed by atoms with Gasteiger partial charge in [-0.15, -0.1) is 0 Å². The van der Waals surface area contributed by atoms with E-state index in [4.69, 9.17) is 4.74 Å². The number of hydrogen-bond donors (Lipinski definition) is 2. The molecule has 0 saturated heterocycles. The number of carbonyl (C=O) groups is 2. The lowest BCUT2D eigenvalue weighted by Gasteiger charge is -2.08. The highest BCUT2D eigenvalue weighted by Gasteiger charge is 2.11. The highest BCUT2D eigenvalue weighted by atomic mass is 16.5. The summed E-state index contributed by atoms with van der Waals surface area (Å²) in [6, 6.07) is 1.69. The van der Waals surface area contributed by atoms with Crippen LogP contribution in [0.3, 0.4) is 0 Å². The Bertz CT molecular complexity index is 493. The van der Waals surface area contributed by atoms with E-state index in [0.717, 1.165) is 0 Å². The average molecular weight is 296 g/mol. The quantitative estimate of drug-likeness (QED) is 0.519. The molecule has 1 amide bonds. The number of nitrogens with zero attached hydrogens (tertiary/aromatic N) is 2. The Balaban J connectivity index is 2.46. The standard InChI is InChI=1S/C13H20N4O4/c1-9-8-10(17-12(16-9)13(19)21-3)14-5-4-11(18)15-6-7-20-2/h8H,4-7H2,1-3H3,(H,15,18)(H,14,16,17). The molecule has 0 aromatic carbocycles. The second kappa shape index (κ2) is 8.85. The number of aromatic nitrogens is 2. The molecule has 1 heterocycles. The fourth-order valence-corrected chi connectivity index (χ4v) is 1.53. The van der Waals surface area contributed by atoms with Crippen LogP contribution in [0.5, 0.6) is 0 Å². The normalized spacial score (nSPS) is 10.0. The number of ether oxygens (including phenoxy) is 2. The topological polar surface area (TPSA) is 102 Å². The van der Waals surface area contributed by atoms with Crippen LogP contribution in [0.15, 0.2) is 6.07 Å². The summed E-state index contributed by atoms with van der Waals surface area (Å²) in [6.45, 7) is 3.10. The Labute approximate surface area is 123 Å². The van der Waals surface area contributed by atoms with E-state index in [-0.39, 0.29) is 11.7 Å². The van der Waals surface area contributed by atoms with E-state index in [9.17, 15) is 9.59 Å². The van der Waals surface area contributed by atoms with E-state index >= 15 is 0 Å². The van der Waals surface area contributed by atoms with Crippen molar-refractivity contribution < 1.29 is 19.1 Å². The first kappa shape index (κ1) is 16.8. The van der Waals surface area contributed by atoms with Crippen molar-refractivity contribution in [1.82, 2.24) is 15.3 Å². The van der Waals surface area contributed by atoms with Crippen LogP contribution < -0.4 is 10.6 Å². The minimum atomic E-state index is -0.598. The van der Waals surface area contributed by atoms with Gasteiger partial charge in [-0.25, -0.2) is 14.8 Å². The lowest BCUT2D eigenvalue weighted by molar-refractivity contribution is -0.121. The van der Waals surface area contributed by atoms with Gasteiger partial charge < -0.3 is 20.1 Å². The molecule has 8 nitrogen and oxygen atoms in total. The van der Waals surface area contributed by atoms with E-state index in [2.05, 4.69) is 25.3 Å². The van der Waals surface area contributed by atoms with Crippen molar-refractivity contribution >= 4 is 17.7 Å². The van der Waals surface area contributed by atoms with Crippen molar-refractivity contribution in [3.63, 3.8) is 0 Å². The number of aryl methyl sites for hydroxylation is 1. The first-order chi connectivity index (χ1) is 10.1. The van der Waals surface area contributed by atoms with E-state index < -0.39 is 5.97 Å². The van der Waals surface area contributed by atoms with Crippen molar-refractivity contribution in [2.45, 2.75) is 13.3 Å². The summed E-state index contributed by atoms with van der Waals surface area (Å²) in [7, 11) is 2.84. The first-order valence-electron chi connectivity index (χ1n) is 6.50. The van der Waals surface area contributed by atoms with Crippen LogP contribution in [0.25, 0.3) is 0 Å². The molecule has 116 valence electrons. The summed E-state index contributed by atoms with van der Waals surface area (Å²) >= 11 is 0. The number of methoxy groups -OCH3 is 2. The molecule has 8 heteroatoms. The molecule has 1 rings (SSSR count). The minimum absolute atomic E-state index is 0.00968. The summed E-state index contributed by atoms with van der Waals surface area (Å²) in [6.07, 6.45) is 0.292. The van der Waals surface area contributed by atoms with Crippen molar-refractivity contribution in [2.24, 2.45) is 0 Å². The van der Waals surface area contributed by atoms with Crippen molar-refractivity contribution in [3.8, 4) is 0 Å². The monoisotopic (exact) mass is 296 g/mol. The van der Waals surface area contributed by atoms with E-state index in [1.165, 1.54) is 7.11 Å². The third-order valence-corrected chi connectivity index (χ3v) is 2.51. The molecule has 0 radical (unpaired) electrons. The summed E-state index contributed by atoms with van der Waals surface area (Å²) in [5.74, 6) is -0.213. The van der Waals surface area contributed by atoms with Crippen LogP contribution >= 0.6 is 0 Å². The van der Waals surface area contributed by atoms with Crippen molar-refractivity contribution in [1.29, 1.82) is 0 Å². The van der Waals surface area contributed by atoms with E-state index in [1.807, 2.05) is 0 Å². The Morgan fingerprint density at radius 2 is 2.00 bits per heavy atom. The van der Waals surface area contributed by atoms with Crippen LogP contribution in [0.2, 0.25) is 0 Å². The van der Waals surface area contributed by atoms with Crippen LogP contribution in [0.4, 0.5) is 5.82 Å². The molecule has 0 saturated carbocycles. The highest BCUT2D eigenvalue weighted by molar-refractivity contribution is 5.85. The van der Waals surface area contributed by atoms with Gasteiger partial charge in [-0.3, -0.25) is 4.79 Å². The molecule has 21 heavy (non-hydrogen) atoms. The molecule has 0 aliphatic rings. The molecule has 0 unspecified atom stereocenters. The number of nitrogens with one attached hydrogen (secondary N) is 2.